The molecular formula is C15H24BrN3O2. The van der Waals surface area contributed by atoms with Gasteiger partial charge in [-0.15, -0.1) is 0 Å². The maximum absolute atomic E-state index is 12.1. The van der Waals surface area contributed by atoms with Gasteiger partial charge in [0.1, 0.15) is 4.47 Å². The molecule has 1 heterocycles. The second-order valence-corrected chi connectivity index (χ2v) is 6.97. The number of rotatable bonds is 5. The van der Waals surface area contributed by atoms with Gasteiger partial charge >= 0.3 is 0 Å². The second-order valence-electron chi connectivity index (χ2n) is 6.18. The van der Waals surface area contributed by atoms with Crippen LogP contribution in [0.5, 0.6) is 0 Å². The molecule has 5 nitrogen and oxygen atoms in total. The van der Waals surface area contributed by atoms with Gasteiger partial charge in [0.25, 0.3) is 5.56 Å². The van der Waals surface area contributed by atoms with Crippen LogP contribution in [0.25, 0.3) is 0 Å². The Kier molecular flexibility index (Phi) is 5.43. The molecule has 0 spiro atoms. The fraction of sp³-hybridized carbons (Fsp3) is 0.733. The van der Waals surface area contributed by atoms with E-state index in [-0.39, 0.29) is 5.56 Å². The maximum Gasteiger partial charge on any atom is 0.283 e. The predicted octanol–water partition coefficient (Wildman–Crippen LogP) is 2.77. The number of aromatic nitrogens is 2. The summed E-state index contributed by atoms with van der Waals surface area (Å²) in [5, 5.41) is 18.0. The van der Waals surface area contributed by atoms with Gasteiger partial charge < -0.3 is 10.4 Å². The van der Waals surface area contributed by atoms with Crippen LogP contribution in [-0.4, -0.2) is 27.0 Å². The molecular weight excluding hydrogens is 334 g/mol. The molecule has 1 aromatic heterocycles. The molecule has 0 bridgehead atoms. The minimum absolute atomic E-state index is 0.133. The first-order chi connectivity index (χ1) is 9.95. The average molecular weight is 358 g/mol. The molecule has 6 heteroatoms. The summed E-state index contributed by atoms with van der Waals surface area (Å²) in [7, 11) is 0. The van der Waals surface area contributed by atoms with Crippen molar-refractivity contribution in [2.24, 2.45) is 5.92 Å². The van der Waals surface area contributed by atoms with Crippen LogP contribution in [0, 0.1) is 5.92 Å². The van der Waals surface area contributed by atoms with Crippen LogP contribution < -0.4 is 10.9 Å². The van der Waals surface area contributed by atoms with E-state index in [1.54, 1.807) is 6.20 Å². The van der Waals surface area contributed by atoms with Gasteiger partial charge in [-0.25, -0.2) is 4.68 Å². The van der Waals surface area contributed by atoms with Crippen molar-refractivity contribution in [3.8, 4) is 0 Å². The largest absolute Gasteiger partial charge is 0.388 e. The van der Waals surface area contributed by atoms with E-state index in [0.29, 0.717) is 29.2 Å². The van der Waals surface area contributed by atoms with Gasteiger partial charge in [0.05, 0.1) is 17.5 Å². The zero-order valence-electron chi connectivity index (χ0n) is 12.7. The summed E-state index contributed by atoms with van der Waals surface area (Å²) in [4.78, 5) is 12.1. The zero-order chi connectivity index (χ0) is 15.5. The molecule has 2 N–H and O–H groups in total. The number of hydrogen-bond acceptors (Lipinski definition) is 4. The maximum atomic E-state index is 12.1. The minimum atomic E-state index is -0.685. The first kappa shape index (κ1) is 16.5. The van der Waals surface area contributed by atoms with Crippen molar-refractivity contribution in [3.63, 3.8) is 0 Å². The lowest BCUT2D eigenvalue weighted by Crippen LogP contribution is -2.41. The van der Waals surface area contributed by atoms with Crippen molar-refractivity contribution in [1.82, 2.24) is 9.78 Å². The van der Waals surface area contributed by atoms with E-state index in [4.69, 9.17) is 0 Å². The molecule has 2 rings (SSSR count). The Balaban J connectivity index is 2.06. The lowest BCUT2D eigenvalue weighted by Gasteiger charge is -2.35. The third-order valence-electron chi connectivity index (χ3n) is 4.10. The first-order valence-electron chi connectivity index (χ1n) is 7.67. The van der Waals surface area contributed by atoms with Gasteiger partial charge in [-0.1, -0.05) is 26.7 Å². The Morgan fingerprint density at radius 1 is 1.62 bits per heavy atom. The number of anilines is 1. The quantitative estimate of drug-likeness (QED) is 0.850. The van der Waals surface area contributed by atoms with Crippen LogP contribution in [0.4, 0.5) is 5.69 Å². The monoisotopic (exact) mass is 357 g/mol. The minimum Gasteiger partial charge on any atom is -0.388 e. The van der Waals surface area contributed by atoms with Crippen molar-refractivity contribution in [3.05, 3.63) is 21.0 Å². The van der Waals surface area contributed by atoms with E-state index in [1.807, 2.05) is 6.92 Å². The molecule has 1 saturated carbocycles. The fourth-order valence-corrected chi connectivity index (χ4v) is 3.46. The highest BCUT2D eigenvalue weighted by Crippen LogP contribution is 2.32. The number of nitrogens with one attached hydrogen (secondary N) is 1. The molecule has 2 atom stereocenters. The van der Waals surface area contributed by atoms with Crippen molar-refractivity contribution >= 4 is 21.6 Å². The van der Waals surface area contributed by atoms with Crippen LogP contribution in [0.3, 0.4) is 0 Å². The van der Waals surface area contributed by atoms with Gasteiger partial charge in [-0.3, -0.25) is 4.79 Å². The van der Waals surface area contributed by atoms with Gasteiger partial charge in [-0.05, 0) is 41.1 Å². The third-order valence-corrected chi connectivity index (χ3v) is 4.86. The van der Waals surface area contributed by atoms with Crippen LogP contribution in [-0.2, 0) is 6.54 Å². The van der Waals surface area contributed by atoms with E-state index in [9.17, 15) is 9.90 Å². The van der Waals surface area contributed by atoms with E-state index in [0.717, 1.165) is 25.7 Å². The van der Waals surface area contributed by atoms with E-state index < -0.39 is 5.60 Å². The van der Waals surface area contributed by atoms with Crippen molar-refractivity contribution in [1.29, 1.82) is 0 Å². The highest BCUT2D eigenvalue weighted by atomic mass is 79.9. The summed E-state index contributed by atoms with van der Waals surface area (Å²) in [6.45, 7) is 5.25. The third kappa shape index (κ3) is 4.07. The Bertz CT molecular complexity index is 546. The molecule has 2 unspecified atom stereocenters. The highest BCUT2D eigenvalue weighted by Gasteiger charge is 2.32. The fourth-order valence-electron chi connectivity index (χ4n) is 3.01. The standard InChI is InChI=1S/C15H24BrN3O2/c1-3-7-19-14(20)13(16)12(9-18-19)17-10-15(21)6-4-5-11(2)8-15/h9,11,17,21H,3-8,10H2,1-2H3. The van der Waals surface area contributed by atoms with Gasteiger partial charge in [0.2, 0.25) is 0 Å². The SMILES string of the molecule is CCCn1ncc(NCC2(O)CCCC(C)C2)c(Br)c1=O. The molecule has 0 aliphatic heterocycles. The van der Waals surface area contributed by atoms with Crippen LogP contribution in [0.2, 0.25) is 0 Å². The van der Waals surface area contributed by atoms with Crippen LogP contribution >= 0.6 is 15.9 Å². The van der Waals surface area contributed by atoms with E-state index in [2.05, 4.69) is 33.3 Å². The molecule has 1 aliphatic carbocycles. The molecule has 21 heavy (non-hydrogen) atoms. The summed E-state index contributed by atoms with van der Waals surface area (Å²) < 4.78 is 1.94. The zero-order valence-corrected chi connectivity index (χ0v) is 14.3. The van der Waals surface area contributed by atoms with Crippen molar-refractivity contribution < 1.29 is 5.11 Å². The molecule has 0 saturated heterocycles. The molecule has 0 radical (unpaired) electrons. The second kappa shape index (κ2) is 6.92. The number of aliphatic hydroxyl groups is 1. The predicted molar refractivity (Wildman–Crippen MR) is 87.6 cm³/mol. The van der Waals surface area contributed by atoms with Gasteiger partial charge in [0, 0.05) is 13.1 Å². The van der Waals surface area contributed by atoms with E-state index >= 15 is 0 Å². The molecule has 1 aliphatic rings. The highest BCUT2D eigenvalue weighted by molar-refractivity contribution is 9.10. The Hall–Kier alpha value is -0.880. The Morgan fingerprint density at radius 2 is 2.38 bits per heavy atom. The average Bonchev–Trinajstić information content (AvgIpc) is 2.43. The molecule has 1 fully saturated rings. The Labute approximate surface area is 133 Å². The topological polar surface area (TPSA) is 67.2 Å². The molecule has 0 amide bonds. The van der Waals surface area contributed by atoms with Crippen molar-refractivity contribution in [2.75, 3.05) is 11.9 Å². The number of nitrogens with zero attached hydrogens (tertiary/aromatic N) is 2. The Morgan fingerprint density at radius 3 is 3.05 bits per heavy atom. The number of aryl methyl sites for hydroxylation is 1. The summed E-state index contributed by atoms with van der Waals surface area (Å²) in [5.74, 6) is 0.546. The summed E-state index contributed by atoms with van der Waals surface area (Å²) >= 11 is 3.34. The van der Waals surface area contributed by atoms with Gasteiger partial charge in [0.15, 0.2) is 0 Å². The number of halogens is 1. The lowest BCUT2D eigenvalue weighted by atomic mass is 9.79. The van der Waals surface area contributed by atoms with Crippen LogP contribution in [0.1, 0.15) is 46.0 Å². The summed E-state index contributed by atoms with van der Waals surface area (Å²) in [6.07, 6.45) is 6.36. The molecule has 0 aromatic carbocycles. The summed E-state index contributed by atoms with van der Waals surface area (Å²) in [6, 6.07) is 0. The normalized spacial score (nSPS) is 25.8. The van der Waals surface area contributed by atoms with Crippen LogP contribution in [0.15, 0.2) is 15.5 Å². The van der Waals surface area contributed by atoms with Gasteiger partial charge in [-0.2, -0.15) is 5.10 Å². The van der Waals surface area contributed by atoms with Crippen molar-refractivity contribution in [2.45, 2.75) is 58.1 Å². The smallest absolute Gasteiger partial charge is 0.283 e. The number of hydrogen-bond donors (Lipinski definition) is 2. The van der Waals surface area contributed by atoms with E-state index in [1.165, 1.54) is 11.1 Å². The first-order valence-corrected chi connectivity index (χ1v) is 8.46. The lowest BCUT2D eigenvalue weighted by molar-refractivity contribution is -0.000781. The molecule has 1 aromatic rings. The molecule has 118 valence electrons. The summed E-state index contributed by atoms with van der Waals surface area (Å²) in [5.41, 5.74) is -0.167.